The molecule has 1 atom stereocenters. The van der Waals surface area contributed by atoms with Gasteiger partial charge >= 0.3 is 0 Å². The number of nitrogens with zero attached hydrogens (tertiary/aromatic N) is 13. The number of hydrogen-bond donors (Lipinski definition) is 3. The lowest BCUT2D eigenvalue weighted by atomic mass is 10.00. The minimum atomic E-state index is 0.250. The molecule has 0 bridgehead atoms. The van der Waals surface area contributed by atoms with E-state index in [1.807, 2.05) is 66.4 Å². The monoisotopic (exact) mass is 746 g/mol. The Morgan fingerprint density at radius 3 is 2.43 bits per heavy atom. The fourth-order valence-corrected chi connectivity index (χ4v) is 8.24. The van der Waals surface area contributed by atoms with Crippen LogP contribution in [0.25, 0.3) is 33.8 Å². The molecule has 0 amide bonds. The molecule has 0 saturated carbocycles. The van der Waals surface area contributed by atoms with Crippen molar-refractivity contribution < 1.29 is 0 Å². The Kier molecular flexibility index (Phi) is 8.76. The molecule has 9 heterocycles. The van der Waals surface area contributed by atoms with Gasteiger partial charge in [0, 0.05) is 62.0 Å². The van der Waals surface area contributed by atoms with Gasteiger partial charge in [-0.3, -0.25) is 18.5 Å². The summed E-state index contributed by atoms with van der Waals surface area (Å²) in [6, 6.07) is 4.16. The van der Waals surface area contributed by atoms with Gasteiger partial charge in [0.25, 0.3) is 0 Å². The Labute approximate surface area is 312 Å². The van der Waals surface area contributed by atoms with E-state index in [1.165, 1.54) is 23.1 Å². The zero-order chi connectivity index (χ0) is 35.9. The number of nitrogens with one attached hydrogen (secondary N) is 2. The Bertz CT molecular complexity index is 2520. The maximum absolute atomic E-state index is 5.86. The van der Waals surface area contributed by atoms with Crippen LogP contribution in [0.4, 0.5) is 21.6 Å². The van der Waals surface area contributed by atoms with Crippen molar-refractivity contribution in [2.75, 3.05) is 35.3 Å². The molecule has 270 valence electrons. The zero-order valence-electron chi connectivity index (χ0n) is 29.3. The van der Waals surface area contributed by atoms with Gasteiger partial charge < -0.3 is 16.4 Å². The second-order valence-electron chi connectivity index (χ2n) is 13.3. The third-order valence-electron chi connectivity index (χ3n) is 9.47. The molecule has 1 unspecified atom stereocenters. The molecular weight excluding hydrogens is 709 g/mol. The molecule has 1 aliphatic rings. The Balaban J connectivity index is 0.942. The van der Waals surface area contributed by atoms with Crippen LogP contribution in [0, 0.1) is 6.92 Å². The quantitative estimate of drug-likeness (QED) is 0.151. The second-order valence-corrected chi connectivity index (χ2v) is 14.9. The third-order valence-corrected chi connectivity index (χ3v) is 11.0. The first-order chi connectivity index (χ1) is 26.0. The topological polar surface area (TPSA) is 175 Å². The van der Waals surface area contributed by atoms with Crippen molar-refractivity contribution in [3.8, 4) is 22.5 Å². The molecule has 1 aliphatic heterocycles. The van der Waals surface area contributed by atoms with Crippen LogP contribution in [0.2, 0.25) is 0 Å². The predicted molar refractivity (Wildman–Crippen MR) is 207 cm³/mol. The van der Waals surface area contributed by atoms with Gasteiger partial charge in [-0.1, -0.05) is 6.42 Å². The van der Waals surface area contributed by atoms with Crippen LogP contribution in [0.1, 0.15) is 48.7 Å². The van der Waals surface area contributed by atoms with Gasteiger partial charge in [0.1, 0.15) is 10.0 Å². The third kappa shape index (κ3) is 6.60. The van der Waals surface area contributed by atoms with Gasteiger partial charge in [0.05, 0.1) is 59.5 Å². The van der Waals surface area contributed by atoms with Crippen molar-refractivity contribution in [1.29, 1.82) is 0 Å². The van der Waals surface area contributed by atoms with Gasteiger partial charge in [0.15, 0.2) is 22.9 Å². The molecular formula is C35H38N16S2. The van der Waals surface area contributed by atoms with Crippen LogP contribution in [-0.4, -0.2) is 76.8 Å². The second kappa shape index (κ2) is 14.0. The zero-order valence-corrected chi connectivity index (χ0v) is 30.9. The van der Waals surface area contributed by atoms with E-state index in [2.05, 4.69) is 57.9 Å². The average Bonchev–Trinajstić information content (AvgIpc) is 4.01. The summed E-state index contributed by atoms with van der Waals surface area (Å²) in [6.07, 6.45) is 22.2. The Morgan fingerprint density at radius 1 is 0.849 bits per heavy atom. The van der Waals surface area contributed by atoms with Crippen molar-refractivity contribution in [3.05, 3.63) is 85.0 Å². The average molecular weight is 747 g/mol. The predicted octanol–water partition coefficient (Wildman–Crippen LogP) is 5.54. The van der Waals surface area contributed by atoms with E-state index in [-0.39, 0.29) is 5.92 Å². The highest BCUT2D eigenvalue weighted by molar-refractivity contribution is 7.10. The van der Waals surface area contributed by atoms with E-state index in [0.29, 0.717) is 18.2 Å². The molecule has 53 heavy (non-hydrogen) atoms. The van der Waals surface area contributed by atoms with Crippen molar-refractivity contribution in [2.45, 2.75) is 44.9 Å². The summed E-state index contributed by atoms with van der Waals surface area (Å²) >= 11 is 2.86. The number of fused-ring (bicyclic) bond motifs is 2. The fourth-order valence-electron chi connectivity index (χ4n) is 6.86. The number of rotatable bonds is 11. The van der Waals surface area contributed by atoms with E-state index in [9.17, 15) is 0 Å². The molecule has 8 aromatic rings. The summed E-state index contributed by atoms with van der Waals surface area (Å²) in [7, 11) is 1.91. The van der Waals surface area contributed by atoms with Gasteiger partial charge in [-0.2, -0.15) is 23.7 Å². The van der Waals surface area contributed by atoms with E-state index in [4.69, 9.17) is 25.2 Å². The standard InChI is InChI=1S/C35H38N16S2/c1-22-12-30(52-45-22)44-33-35-39-17-29(50(35)21-26(42-33)7-5-8-36)25-15-41-51(20-25)48-10-4-3-6-23(19-48)27-13-31(53-46-27)43-32-34-38-16-28(49(34)11-9-37-32)24-14-40-47(2)18-24/h9,11-18,20-21,23H,3-8,10,19,36H2,1-2H3,(H,37,43)(H,42,44). The summed E-state index contributed by atoms with van der Waals surface area (Å²) in [5.41, 5.74) is 14.2. The van der Waals surface area contributed by atoms with Gasteiger partial charge in [0.2, 0.25) is 0 Å². The maximum Gasteiger partial charge on any atom is 0.180 e. The molecule has 9 rings (SSSR count). The van der Waals surface area contributed by atoms with Crippen LogP contribution in [-0.2, 0) is 13.5 Å². The van der Waals surface area contributed by atoms with Gasteiger partial charge in [-0.05, 0) is 74.3 Å². The SMILES string of the molecule is Cc1cc(Nc2nc(CCCN)cn3c(-c4cnn(N5CCCCC(c6cc(Nc7nccn8c(-c9cnn(C)c9)cnc78)sn6)C5)c4)cnc23)sn1. The first kappa shape index (κ1) is 33.1. The van der Waals surface area contributed by atoms with E-state index in [0.717, 1.165) is 106 Å². The van der Waals surface area contributed by atoms with Crippen molar-refractivity contribution in [1.82, 2.24) is 57.2 Å². The molecule has 8 aromatic heterocycles. The Hall–Kier alpha value is -5.72. The van der Waals surface area contributed by atoms with Crippen LogP contribution < -0.4 is 21.4 Å². The minimum Gasteiger partial charge on any atom is -0.330 e. The molecule has 0 aromatic carbocycles. The lowest BCUT2D eigenvalue weighted by Crippen LogP contribution is -2.37. The maximum atomic E-state index is 5.86. The van der Waals surface area contributed by atoms with Crippen LogP contribution >= 0.6 is 23.1 Å². The number of aryl methyl sites for hydroxylation is 3. The highest BCUT2D eigenvalue weighted by Crippen LogP contribution is 2.33. The first-order valence-corrected chi connectivity index (χ1v) is 19.2. The largest absolute Gasteiger partial charge is 0.330 e. The van der Waals surface area contributed by atoms with Crippen molar-refractivity contribution in [2.24, 2.45) is 12.8 Å². The number of hydrogen-bond acceptors (Lipinski definition) is 14. The highest BCUT2D eigenvalue weighted by atomic mass is 32.1. The fraction of sp³-hybridized carbons (Fsp3) is 0.314. The van der Waals surface area contributed by atoms with Crippen molar-refractivity contribution >= 4 is 56.0 Å². The summed E-state index contributed by atoms with van der Waals surface area (Å²) in [4.78, 5) is 21.0. The van der Waals surface area contributed by atoms with Crippen molar-refractivity contribution in [3.63, 3.8) is 0 Å². The van der Waals surface area contributed by atoms with E-state index in [1.54, 1.807) is 10.9 Å². The lowest BCUT2D eigenvalue weighted by molar-refractivity contribution is 0.510. The molecule has 0 radical (unpaired) electrons. The molecule has 16 nitrogen and oxygen atoms in total. The van der Waals surface area contributed by atoms with Gasteiger partial charge in [-0.25, -0.2) is 19.9 Å². The van der Waals surface area contributed by atoms with Gasteiger partial charge in [-0.15, -0.1) is 0 Å². The summed E-state index contributed by atoms with van der Waals surface area (Å²) in [5.74, 6) is 1.63. The van der Waals surface area contributed by atoms with E-state index >= 15 is 0 Å². The molecule has 1 saturated heterocycles. The number of nitrogens with two attached hydrogens (primary N) is 1. The molecule has 4 N–H and O–H groups in total. The Morgan fingerprint density at radius 2 is 1.62 bits per heavy atom. The van der Waals surface area contributed by atoms with Crippen LogP contribution in [0.3, 0.4) is 0 Å². The number of imidazole rings is 2. The minimum absolute atomic E-state index is 0.250. The summed E-state index contributed by atoms with van der Waals surface area (Å²) < 4.78 is 15.2. The molecule has 1 fully saturated rings. The van der Waals surface area contributed by atoms with E-state index < -0.39 is 0 Å². The highest BCUT2D eigenvalue weighted by Gasteiger charge is 2.24. The molecule has 0 aliphatic carbocycles. The normalized spacial score (nSPS) is 15.1. The smallest absolute Gasteiger partial charge is 0.180 e. The van der Waals surface area contributed by atoms with Crippen LogP contribution in [0.15, 0.2) is 67.9 Å². The number of aromatic nitrogens is 12. The number of anilines is 4. The summed E-state index contributed by atoms with van der Waals surface area (Å²) in [5, 5.41) is 20.3. The lowest BCUT2D eigenvalue weighted by Gasteiger charge is -2.25. The molecule has 0 spiro atoms. The summed E-state index contributed by atoms with van der Waals surface area (Å²) in [6.45, 7) is 4.28. The van der Waals surface area contributed by atoms with Crippen LogP contribution in [0.5, 0.6) is 0 Å². The first-order valence-electron chi connectivity index (χ1n) is 17.6. The molecule has 18 heteroatoms.